The number of thiazole rings is 1. The Balaban J connectivity index is 1.22. The van der Waals surface area contributed by atoms with Crippen LogP contribution < -0.4 is 14.6 Å². The van der Waals surface area contributed by atoms with Gasteiger partial charge < -0.3 is 10.1 Å². The van der Waals surface area contributed by atoms with Crippen molar-refractivity contribution in [3.8, 4) is 5.75 Å². The quantitative estimate of drug-likeness (QED) is 0.100. The molecule has 0 atom stereocenters. The lowest BCUT2D eigenvalue weighted by Crippen LogP contribution is -2.30. The summed E-state index contributed by atoms with van der Waals surface area (Å²) >= 11 is 8.15. The van der Waals surface area contributed by atoms with Crippen LogP contribution in [0.2, 0.25) is 5.02 Å². The predicted molar refractivity (Wildman–Crippen MR) is 170 cm³/mol. The van der Waals surface area contributed by atoms with Crippen molar-refractivity contribution >= 4 is 34.5 Å². The summed E-state index contributed by atoms with van der Waals surface area (Å²) in [7, 11) is 0. The van der Waals surface area contributed by atoms with E-state index in [2.05, 4.69) is 33.9 Å². The second-order valence-electron chi connectivity index (χ2n) is 10.8. The van der Waals surface area contributed by atoms with Crippen LogP contribution in [-0.2, 0) is 17.8 Å². The van der Waals surface area contributed by atoms with Gasteiger partial charge in [-0.3, -0.25) is 4.79 Å². The summed E-state index contributed by atoms with van der Waals surface area (Å²) in [4.78, 5) is 12.6. The maximum atomic E-state index is 12.6. The molecule has 0 aliphatic carbocycles. The Labute approximate surface area is 251 Å². The van der Waals surface area contributed by atoms with E-state index in [0.717, 1.165) is 30.0 Å². The number of halogens is 1. The topological polar surface area (TPSA) is 42.2 Å². The number of amides is 1. The number of anilines is 1. The molecule has 0 saturated carbocycles. The first kappa shape index (κ1) is 32.1. The Bertz CT molecular complexity index is 1090. The van der Waals surface area contributed by atoms with Gasteiger partial charge in [-0.2, -0.15) is 4.57 Å². The molecule has 1 aromatic heterocycles. The van der Waals surface area contributed by atoms with Crippen LogP contribution in [0.15, 0.2) is 59.6 Å². The van der Waals surface area contributed by atoms with Crippen LogP contribution in [-0.4, -0.2) is 12.5 Å². The summed E-state index contributed by atoms with van der Waals surface area (Å²) in [6.45, 7) is 3.80. The Morgan fingerprint density at radius 3 is 2.05 bits per heavy atom. The molecule has 0 saturated heterocycles. The van der Waals surface area contributed by atoms with Gasteiger partial charge in [0.15, 0.2) is 12.7 Å². The number of ether oxygens (including phenoxy) is 1. The first-order chi connectivity index (χ1) is 19.6. The molecule has 0 spiro atoms. The fourth-order valence-electron chi connectivity index (χ4n) is 4.88. The molecule has 2 aromatic carbocycles. The van der Waals surface area contributed by atoms with Crippen LogP contribution in [0.25, 0.3) is 0 Å². The highest BCUT2D eigenvalue weighted by Gasteiger charge is 2.10. The van der Waals surface area contributed by atoms with Crippen molar-refractivity contribution in [1.29, 1.82) is 0 Å². The molecule has 40 heavy (non-hydrogen) atoms. The third-order valence-electron chi connectivity index (χ3n) is 7.27. The van der Waals surface area contributed by atoms with Crippen LogP contribution in [0.3, 0.4) is 0 Å². The van der Waals surface area contributed by atoms with E-state index in [9.17, 15) is 4.79 Å². The largest absolute Gasteiger partial charge is 0.494 e. The van der Waals surface area contributed by atoms with Gasteiger partial charge >= 0.3 is 0 Å². The molecule has 218 valence electrons. The Kier molecular flexibility index (Phi) is 15.8. The molecule has 0 aliphatic rings. The number of carbonyl (C=O) groups is 1. The van der Waals surface area contributed by atoms with E-state index in [1.54, 1.807) is 11.3 Å². The van der Waals surface area contributed by atoms with Crippen LogP contribution in [0.4, 0.5) is 5.69 Å². The van der Waals surface area contributed by atoms with Gasteiger partial charge in [-0.1, -0.05) is 132 Å². The van der Waals surface area contributed by atoms with Crippen LogP contribution in [0, 0.1) is 0 Å². The monoisotopic (exact) mass is 583 g/mol. The van der Waals surface area contributed by atoms with Gasteiger partial charge in [-0.25, -0.2) is 0 Å². The number of unbranched alkanes of at least 4 members (excludes halogenated alkanes) is 13. The molecule has 0 bridgehead atoms. The molecular formula is C34H48ClN2O2S+. The molecular weight excluding hydrogens is 536 g/mol. The van der Waals surface area contributed by atoms with E-state index in [1.165, 1.54) is 89.0 Å². The van der Waals surface area contributed by atoms with Gasteiger partial charge in [0, 0.05) is 16.3 Å². The highest BCUT2D eigenvalue weighted by molar-refractivity contribution is 7.07. The molecule has 0 radical (unpaired) electrons. The second kappa shape index (κ2) is 19.7. The molecule has 6 heteroatoms. The fourth-order valence-corrected chi connectivity index (χ4v) is 5.72. The zero-order valence-corrected chi connectivity index (χ0v) is 25.9. The summed E-state index contributed by atoms with van der Waals surface area (Å²) in [6, 6.07) is 13.6. The normalized spacial score (nSPS) is 11.1. The van der Waals surface area contributed by atoms with Gasteiger partial charge in [-0.15, -0.1) is 0 Å². The molecule has 1 amide bonds. The van der Waals surface area contributed by atoms with E-state index in [4.69, 9.17) is 16.3 Å². The van der Waals surface area contributed by atoms with E-state index in [-0.39, 0.29) is 12.3 Å². The van der Waals surface area contributed by atoms with Crippen molar-refractivity contribution in [2.45, 2.75) is 110 Å². The van der Waals surface area contributed by atoms with Crippen LogP contribution in [0.1, 0.15) is 108 Å². The van der Waals surface area contributed by atoms with Crippen molar-refractivity contribution in [3.05, 3.63) is 75.7 Å². The standard InChI is InChI=1S/C34H47ClN2O2S/c1-2-3-4-5-6-7-8-9-10-11-12-13-14-15-23-39-32-21-18-30(33(35)26-32)25-34(38)36-31-19-16-29(17-20-31)27-37-22-24-40-28-37/h16-22,24,26,28H,2-15,23,25,27H2,1H3/p+1. The Morgan fingerprint density at radius 2 is 1.48 bits per heavy atom. The summed E-state index contributed by atoms with van der Waals surface area (Å²) in [6.07, 6.45) is 21.2. The summed E-state index contributed by atoms with van der Waals surface area (Å²) in [5.41, 5.74) is 4.85. The van der Waals surface area contributed by atoms with Crippen LogP contribution >= 0.6 is 22.9 Å². The summed E-state index contributed by atoms with van der Waals surface area (Å²) < 4.78 is 8.04. The number of nitrogens with one attached hydrogen (secondary N) is 1. The first-order valence-corrected chi connectivity index (χ1v) is 16.7. The minimum absolute atomic E-state index is 0.0852. The van der Waals surface area contributed by atoms with Crippen molar-refractivity contribution in [1.82, 2.24) is 0 Å². The SMILES string of the molecule is CCCCCCCCCCCCCCCCOc1ccc(CC(=O)Nc2ccc(C[n+]3ccsc3)cc2)c(Cl)c1. The minimum Gasteiger partial charge on any atom is -0.494 e. The lowest BCUT2D eigenvalue weighted by Gasteiger charge is -2.10. The van der Waals surface area contributed by atoms with E-state index >= 15 is 0 Å². The zero-order valence-electron chi connectivity index (χ0n) is 24.3. The van der Waals surface area contributed by atoms with Gasteiger partial charge in [0.25, 0.3) is 0 Å². The average Bonchev–Trinajstić information content (AvgIpc) is 3.46. The number of aromatic nitrogens is 1. The van der Waals surface area contributed by atoms with Crippen molar-refractivity contribution < 1.29 is 14.1 Å². The number of rotatable bonds is 21. The maximum absolute atomic E-state index is 12.6. The average molecular weight is 584 g/mol. The highest BCUT2D eigenvalue weighted by atomic mass is 35.5. The lowest BCUT2D eigenvalue weighted by molar-refractivity contribution is -0.683. The fraction of sp³-hybridized carbons (Fsp3) is 0.529. The molecule has 0 aliphatic heterocycles. The smallest absolute Gasteiger partial charge is 0.228 e. The first-order valence-electron chi connectivity index (χ1n) is 15.4. The van der Waals surface area contributed by atoms with Gasteiger partial charge in [0.05, 0.1) is 18.4 Å². The molecule has 0 fully saturated rings. The van der Waals surface area contributed by atoms with Gasteiger partial charge in [0.1, 0.15) is 5.75 Å². The Hall–Kier alpha value is -2.37. The molecule has 1 heterocycles. The molecule has 3 rings (SSSR count). The Morgan fingerprint density at radius 1 is 0.850 bits per heavy atom. The van der Waals surface area contributed by atoms with E-state index in [0.29, 0.717) is 11.6 Å². The number of nitrogens with zero attached hydrogens (tertiary/aromatic N) is 1. The number of carbonyl (C=O) groups excluding carboxylic acids is 1. The lowest BCUT2D eigenvalue weighted by atomic mass is 10.0. The maximum Gasteiger partial charge on any atom is 0.228 e. The second-order valence-corrected chi connectivity index (χ2v) is 12.0. The van der Waals surface area contributed by atoms with Crippen molar-refractivity contribution in [3.63, 3.8) is 0 Å². The third kappa shape index (κ3) is 13.3. The zero-order chi connectivity index (χ0) is 28.3. The number of hydrogen-bond donors (Lipinski definition) is 1. The molecule has 0 unspecified atom stereocenters. The van der Waals surface area contributed by atoms with Gasteiger partial charge in [0.2, 0.25) is 11.4 Å². The number of hydrogen-bond acceptors (Lipinski definition) is 3. The van der Waals surface area contributed by atoms with Gasteiger partial charge in [-0.05, 0) is 36.2 Å². The third-order valence-corrected chi connectivity index (χ3v) is 8.30. The van der Waals surface area contributed by atoms with E-state index in [1.807, 2.05) is 42.5 Å². The highest BCUT2D eigenvalue weighted by Crippen LogP contribution is 2.24. The molecule has 4 nitrogen and oxygen atoms in total. The predicted octanol–water partition coefficient (Wildman–Crippen LogP) is 9.78. The number of benzene rings is 2. The minimum atomic E-state index is -0.0852. The molecule has 1 N–H and O–H groups in total. The molecule has 3 aromatic rings. The summed E-state index contributed by atoms with van der Waals surface area (Å²) in [5, 5.41) is 5.59. The van der Waals surface area contributed by atoms with Crippen LogP contribution in [0.5, 0.6) is 5.75 Å². The van der Waals surface area contributed by atoms with E-state index < -0.39 is 0 Å². The summed E-state index contributed by atoms with van der Waals surface area (Å²) in [5.74, 6) is 0.681. The van der Waals surface area contributed by atoms with Crippen molar-refractivity contribution in [2.75, 3.05) is 11.9 Å². The van der Waals surface area contributed by atoms with Crippen molar-refractivity contribution in [2.24, 2.45) is 0 Å².